The molecular weight excluding hydrogens is 430 g/mol. The van der Waals surface area contributed by atoms with Crippen LogP contribution in [0.5, 0.6) is 0 Å². The van der Waals surface area contributed by atoms with Crippen molar-refractivity contribution in [2.24, 2.45) is 0 Å². The van der Waals surface area contributed by atoms with Crippen LogP contribution in [0.3, 0.4) is 0 Å². The van der Waals surface area contributed by atoms with Gasteiger partial charge in [0, 0.05) is 8.86 Å². The van der Waals surface area contributed by atoms with Gasteiger partial charge in [-0.1, -0.05) is 45.2 Å². The van der Waals surface area contributed by atoms with Crippen LogP contribution in [-0.4, -0.2) is 21.1 Å². The predicted molar refractivity (Wildman–Crippen MR) is 82.2 cm³/mol. The van der Waals surface area contributed by atoms with Gasteiger partial charge in [-0.3, -0.25) is 0 Å². The molecule has 0 radical (unpaired) electrons. The lowest BCUT2D eigenvalue weighted by atomic mass is 10.1. The van der Waals surface area contributed by atoms with Crippen molar-refractivity contribution in [3.05, 3.63) is 23.7 Å². The summed E-state index contributed by atoms with van der Waals surface area (Å²) in [7, 11) is 0. The van der Waals surface area contributed by atoms with Crippen LogP contribution in [0.1, 0.15) is 25.7 Å². The van der Waals surface area contributed by atoms with Crippen LogP contribution in [-0.2, 0) is 9.47 Å². The second-order valence-corrected chi connectivity index (χ2v) is 5.84. The van der Waals surface area contributed by atoms with Crippen molar-refractivity contribution in [3.8, 4) is 0 Å². The first-order valence-corrected chi connectivity index (χ1v) is 8.74. The minimum Gasteiger partial charge on any atom is -0.486 e. The summed E-state index contributed by atoms with van der Waals surface area (Å²) in [6.07, 6.45) is 9.56. The van der Waals surface area contributed by atoms with Crippen molar-refractivity contribution in [2.75, 3.05) is 8.86 Å². The normalized spacial score (nSPS) is 29.9. The zero-order chi connectivity index (χ0) is 11.4. The second kappa shape index (κ2) is 6.47. The molecule has 2 nitrogen and oxygen atoms in total. The molecule has 4 heteroatoms. The van der Waals surface area contributed by atoms with Crippen LogP contribution in [0.25, 0.3) is 0 Å². The zero-order valence-electron chi connectivity index (χ0n) is 9.12. The van der Waals surface area contributed by atoms with Gasteiger partial charge in [-0.05, 0) is 37.8 Å². The number of halogens is 2. The molecular formula is C12H16I2O2. The fourth-order valence-electron chi connectivity index (χ4n) is 1.91. The average Bonchev–Trinajstić information content (AvgIpc) is 2.39. The van der Waals surface area contributed by atoms with Crippen LogP contribution >= 0.6 is 45.2 Å². The SMILES string of the molecule is IC[C@H]1CCC=C(C2=CCC[C@H](CI)O2)O1. The molecule has 0 aliphatic carbocycles. The lowest BCUT2D eigenvalue weighted by Crippen LogP contribution is -2.23. The highest BCUT2D eigenvalue weighted by atomic mass is 127. The highest BCUT2D eigenvalue weighted by Gasteiger charge is 2.23. The standard InChI is InChI=1S/C12H16I2O2/c13-7-9-3-1-5-11(15-9)12-6-2-4-10(8-14)16-12/h5-6,9-10H,1-4,7-8H2/t9-,10-/m1/s1. The maximum Gasteiger partial charge on any atom is 0.157 e. The molecule has 0 aromatic rings. The molecule has 0 aromatic heterocycles. The van der Waals surface area contributed by atoms with Gasteiger partial charge in [0.1, 0.15) is 12.2 Å². The van der Waals surface area contributed by atoms with Gasteiger partial charge in [0.2, 0.25) is 0 Å². The molecule has 0 spiro atoms. The third kappa shape index (κ3) is 3.27. The Morgan fingerprint density at radius 1 is 0.938 bits per heavy atom. The van der Waals surface area contributed by atoms with E-state index in [4.69, 9.17) is 9.47 Å². The van der Waals surface area contributed by atoms with Crippen molar-refractivity contribution >= 4 is 45.2 Å². The smallest absolute Gasteiger partial charge is 0.157 e. The first-order valence-electron chi connectivity index (χ1n) is 5.69. The monoisotopic (exact) mass is 446 g/mol. The molecule has 0 unspecified atom stereocenters. The van der Waals surface area contributed by atoms with Crippen molar-refractivity contribution in [3.63, 3.8) is 0 Å². The summed E-state index contributed by atoms with van der Waals surface area (Å²) < 4.78 is 14.0. The Morgan fingerprint density at radius 2 is 1.38 bits per heavy atom. The van der Waals surface area contributed by atoms with Crippen molar-refractivity contribution in [1.29, 1.82) is 0 Å². The molecule has 0 N–H and O–H groups in total. The highest BCUT2D eigenvalue weighted by molar-refractivity contribution is 14.1. The van der Waals surface area contributed by atoms with Crippen LogP contribution < -0.4 is 0 Å². The van der Waals surface area contributed by atoms with Crippen LogP contribution in [0.4, 0.5) is 0 Å². The first-order chi connectivity index (χ1) is 7.83. The van der Waals surface area contributed by atoms with E-state index in [0.717, 1.165) is 46.1 Å². The molecule has 0 fully saturated rings. The Labute approximate surface area is 124 Å². The summed E-state index contributed by atoms with van der Waals surface area (Å²) in [5, 5.41) is 0. The predicted octanol–water partition coefficient (Wildman–Crippen LogP) is 3.98. The topological polar surface area (TPSA) is 18.5 Å². The van der Waals surface area contributed by atoms with E-state index in [0.29, 0.717) is 12.2 Å². The van der Waals surface area contributed by atoms with E-state index < -0.39 is 0 Å². The molecule has 0 saturated carbocycles. The van der Waals surface area contributed by atoms with E-state index >= 15 is 0 Å². The van der Waals surface area contributed by atoms with Gasteiger partial charge < -0.3 is 9.47 Å². The van der Waals surface area contributed by atoms with E-state index in [9.17, 15) is 0 Å². The summed E-state index contributed by atoms with van der Waals surface area (Å²) in [6.45, 7) is 0. The summed E-state index contributed by atoms with van der Waals surface area (Å²) >= 11 is 4.77. The summed E-state index contributed by atoms with van der Waals surface area (Å²) in [6, 6.07) is 0. The Kier molecular flexibility index (Phi) is 5.25. The third-order valence-corrected chi connectivity index (χ3v) is 4.78. The van der Waals surface area contributed by atoms with E-state index in [2.05, 4.69) is 57.3 Å². The number of allylic oxidation sites excluding steroid dienone is 2. The summed E-state index contributed by atoms with van der Waals surface area (Å²) in [5.41, 5.74) is 0. The molecule has 2 rings (SSSR count). The Bertz CT molecular complexity index is 269. The largest absolute Gasteiger partial charge is 0.486 e. The first kappa shape index (κ1) is 13.0. The van der Waals surface area contributed by atoms with E-state index in [1.54, 1.807) is 0 Å². The fraction of sp³-hybridized carbons (Fsp3) is 0.667. The summed E-state index contributed by atoms with van der Waals surface area (Å²) in [4.78, 5) is 0. The molecule has 2 aliphatic heterocycles. The number of ether oxygens (including phenoxy) is 2. The maximum absolute atomic E-state index is 5.93. The van der Waals surface area contributed by atoms with E-state index in [1.807, 2.05) is 0 Å². The van der Waals surface area contributed by atoms with Crippen molar-refractivity contribution in [2.45, 2.75) is 37.9 Å². The lowest BCUT2D eigenvalue weighted by molar-refractivity contribution is 0.0623. The molecule has 2 aliphatic rings. The summed E-state index contributed by atoms with van der Waals surface area (Å²) in [5.74, 6) is 1.95. The van der Waals surface area contributed by atoms with Crippen LogP contribution in [0, 0.1) is 0 Å². The Balaban J connectivity index is 2.01. The van der Waals surface area contributed by atoms with E-state index in [1.165, 1.54) is 0 Å². The van der Waals surface area contributed by atoms with E-state index in [-0.39, 0.29) is 0 Å². The molecule has 90 valence electrons. The Hall–Kier alpha value is 0.540. The number of hydrogen-bond acceptors (Lipinski definition) is 2. The van der Waals surface area contributed by atoms with Crippen molar-refractivity contribution in [1.82, 2.24) is 0 Å². The van der Waals surface area contributed by atoms with Gasteiger partial charge >= 0.3 is 0 Å². The van der Waals surface area contributed by atoms with Crippen molar-refractivity contribution < 1.29 is 9.47 Å². The number of rotatable bonds is 3. The van der Waals surface area contributed by atoms with Gasteiger partial charge in [-0.15, -0.1) is 0 Å². The molecule has 0 saturated heterocycles. The van der Waals surface area contributed by atoms with Crippen LogP contribution in [0.15, 0.2) is 23.7 Å². The maximum atomic E-state index is 5.93. The quantitative estimate of drug-likeness (QED) is 0.483. The molecule has 2 heterocycles. The molecule has 2 atom stereocenters. The van der Waals surface area contributed by atoms with Gasteiger partial charge in [0.15, 0.2) is 11.5 Å². The molecule has 0 amide bonds. The minimum absolute atomic E-state index is 0.366. The third-order valence-electron chi connectivity index (χ3n) is 2.81. The van der Waals surface area contributed by atoms with Crippen LogP contribution in [0.2, 0.25) is 0 Å². The molecule has 16 heavy (non-hydrogen) atoms. The van der Waals surface area contributed by atoms with Gasteiger partial charge in [0.05, 0.1) is 0 Å². The zero-order valence-corrected chi connectivity index (χ0v) is 13.4. The Morgan fingerprint density at radius 3 is 1.75 bits per heavy atom. The molecule has 0 aromatic carbocycles. The van der Waals surface area contributed by atoms with Gasteiger partial charge in [-0.25, -0.2) is 0 Å². The fourth-order valence-corrected chi connectivity index (χ4v) is 3.15. The second-order valence-electron chi connectivity index (χ2n) is 4.08. The average molecular weight is 446 g/mol. The lowest BCUT2D eigenvalue weighted by Gasteiger charge is -2.29. The minimum atomic E-state index is 0.366. The van der Waals surface area contributed by atoms with Gasteiger partial charge in [0.25, 0.3) is 0 Å². The number of hydrogen-bond donors (Lipinski definition) is 0. The molecule has 0 bridgehead atoms. The number of alkyl halides is 2. The van der Waals surface area contributed by atoms with Gasteiger partial charge in [-0.2, -0.15) is 0 Å². The highest BCUT2D eigenvalue weighted by Crippen LogP contribution is 2.29.